The Hall–Kier alpha value is -1.42. The quantitative estimate of drug-likeness (QED) is 0.653. The van der Waals surface area contributed by atoms with Gasteiger partial charge in [0.1, 0.15) is 0 Å². The van der Waals surface area contributed by atoms with E-state index >= 15 is 0 Å². The predicted octanol–water partition coefficient (Wildman–Crippen LogP) is 2.68. The van der Waals surface area contributed by atoms with E-state index in [1.165, 1.54) is 16.3 Å². The lowest BCUT2D eigenvalue weighted by atomic mass is 9.85. The van der Waals surface area contributed by atoms with Crippen LogP contribution in [0.3, 0.4) is 0 Å². The summed E-state index contributed by atoms with van der Waals surface area (Å²) in [4.78, 5) is 2.19. The van der Waals surface area contributed by atoms with Crippen LogP contribution in [0.15, 0.2) is 42.5 Å². The second-order valence-corrected chi connectivity index (χ2v) is 5.72. The Kier molecular flexibility index (Phi) is 3.90. The third-order valence-corrected chi connectivity index (χ3v) is 4.16. The normalized spacial score (nSPS) is 14.0. The number of fused-ring (bicyclic) bond motifs is 1. The summed E-state index contributed by atoms with van der Waals surface area (Å²) < 4.78 is 0. The number of hydrogen-bond donors (Lipinski definition) is 2. The van der Waals surface area contributed by atoms with Crippen LogP contribution in [0, 0.1) is 0 Å². The molecule has 0 radical (unpaired) electrons. The van der Waals surface area contributed by atoms with Gasteiger partial charge in [-0.2, -0.15) is 0 Å². The van der Waals surface area contributed by atoms with Gasteiger partial charge in [-0.1, -0.05) is 42.5 Å². The first-order chi connectivity index (χ1) is 8.98. The van der Waals surface area contributed by atoms with Gasteiger partial charge in [0.2, 0.25) is 0 Å². The molecule has 3 N–H and O–H groups in total. The van der Waals surface area contributed by atoms with Crippen LogP contribution in [0.2, 0.25) is 0 Å². The first-order valence-electron chi connectivity index (χ1n) is 6.59. The molecule has 0 aliphatic rings. The highest BCUT2D eigenvalue weighted by molar-refractivity contribution is 5.86. The van der Waals surface area contributed by atoms with Crippen molar-refractivity contribution in [2.24, 2.45) is 5.84 Å². The zero-order valence-corrected chi connectivity index (χ0v) is 12.1. The fraction of sp³-hybridized carbons (Fsp3) is 0.375. The van der Waals surface area contributed by atoms with E-state index in [1.807, 2.05) is 0 Å². The van der Waals surface area contributed by atoms with Crippen molar-refractivity contribution in [3.63, 3.8) is 0 Å². The molecular weight excluding hydrogens is 234 g/mol. The molecule has 3 heteroatoms. The molecule has 0 aliphatic heterocycles. The van der Waals surface area contributed by atoms with Crippen molar-refractivity contribution < 1.29 is 0 Å². The first kappa shape index (κ1) is 14.0. The third-order valence-electron chi connectivity index (χ3n) is 4.16. The van der Waals surface area contributed by atoms with Crippen LogP contribution in [-0.4, -0.2) is 24.5 Å². The number of likely N-dealkylation sites (N-methyl/N-ethyl adjacent to an activating group) is 1. The molecule has 0 saturated heterocycles. The minimum Gasteiger partial charge on any atom is -0.302 e. The summed E-state index contributed by atoms with van der Waals surface area (Å²) in [5.74, 6) is 5.84. The number of nitrogens with zero attached hydrogens (tertiary/aromatic N) is 1. The third kappa shape index (κ3) is 2.50. The minimum atomic E-state index is -0.0844. The minimum absolute atomic E-state index is 0.0635. The molecule has 19 heavy (non-hydrogen) atoms. The molecule has 0 amide bonds. The molecular formula is C16H23N3. The summed E-state index contributed by atoms with van der Waals surface area (Å²) in [6, 6.07) is 14.9. The number of nitrogens with one attached hydrogen (secondary N) is 1. The van der Waals surface area contributed by atoms with Gasteiger partial charge in [0.25, 0.3) is 0 Å². The maximum absolute atomic E-state index is 5.84. The molecule has 2 aromatic rings. The van der Waals surface area contributed by atoms with Crippen molar-refractivity contribution in [2.75, 3.05) is 14.1 Å². The highest BCUT2D eigenvalue weighted by Crippen LogP contribution is 2.33. The van der Waals surface area contributed by atoms with Crippen molar-refractivity contribution in [3.05, 3.63) is 48.0 Å². The van der Waals surface area contributed by atoms with Crippen LogP contribution in [-0.2, 0) is 0 Å². The molecule has 0 bridgehead atoms. The summed E-state index contributed by atoms with van der Waals surface area (Å²) in [6.07, 6.45) is 0. The van der Waals surface area contributed by atoms with Gasteiger partial charge in [0.05, 0.1) is 6.04 Å². The predicted molar refractivity (Wildman–Crippen MR) is 81.8 cm³/mol. The smallest absolute Gasteiger partial charge is 0.0644 e. The van der Waals surface area contributed by atoms with E-state index in [-0.39, 0.29) is 11.6 Å². The van der Waals surface area contributed by atoms with Crippen LogP contribution < -0.4 is 11.3 Å². The van der Waals surface area contributed by atoms with Crippen molar-refractivity contribution in [3.8, 4) is 0 Å². The van der Waals surface area contributed by atoms with Crippen LogP contribution in [0.1, 0.15) is 25.5 Å². The second kappa shape index (κ2) is 5.29. The fourth-order valence-corrected chi connectivity index (χ4v) is 2.43. The first-order valence-corrected chi connectivity index (χ1v) is 6.59. The van der Waals surface area contributed by atoms with Crippen LogP contribution in [0.4, 0.5) is 0 Å². The maximum Gasteiger partial charge on any atom is 0.0644 e. The molecule has 0 spiro atoms. The number of benzene rings is 2. The summed E-state index contributed by atoms with van der Waals surface area (Å²) >= 11 is 0. The lowest BCUT2D eigenvalue weighted by Crippen LogP contribution is -2.51. The van der Waals surface area contributed by atoms with Gasteiger partial charge in [-0.15, -0.1) is 0 Å². The summed E-state index contributed by atoms with van der Waals surface area (Å²) in [5, 5.41) is 2.50. The lowest BCUT2D eigenvalue weighted by Gasteiger charge is -2.40. The van der Waals surface area contributed by atoms with Gasteiger partial charge in [0, 0.05) is 5.54 Å². The second-order valence-electron chi connectivity index (χ2n) is 5.72. The van der Waals surface area contributed by atoms with Gasteiger partial charge >= 0.3 is 0 Å². The Morgan fingerprint density at radius 3 is 2.32 bits per heavy atom. The molecule has 2 rings (SSSR count). The molecule has 0 saturated carbocycles. The number of nitrogens with two attached hydrogens (primary N) is 1. The monoisotopic (exact) mass is 257 g/mol. The van der Waals surface area contributed by atoms with E-state index in [1.54, 1.807) is 0 Å². The lowest BCUT2D eigenvalue weighted by molar-refractivity contribution is 0.139. The Labute approximate surface area is 115 Å². The average molecular weight is 257 g/mol. The average Bonchev–Trinajstić information content (AvgIpc) is 2.39. The Balaban J connectivity index is 2.59. The summed E-state index contributed by atoms with van der Waals surface area (Å²) in [6.45, 7) is 4.39. The number of hydrogen-bond acceptors (Lipinski definition) is 3. The van der Waals surface area contributed by atoms with E-state index in [0.29, 0.717) is 0 Å². The molecule has 3 nitrogen and oxygen atoms in total. The molecule has 102 valence electrons. The van der Waals surface area contributed by atoms with Crippen LogP contribution in [0.5, 0.6) is 0 Å². The molecule has 0 aromatic heterocycles. The van der Waals surface area contributed by atoms with Crippen molar-refractivity contribution in [1.82, 2.24) is 10.3 Å². The van der Waals surface area contributed by atoms with Gasteiger partial charge in [-0.3, -0.25) is 11.3 Å². The largest absolute Gasteiger partial charge is 0.302 e. The summed E-state index contributed by atoms with van der Waals surface area (Å²) in [5.41, 5.74) is 4.14. The Morgan fingerprint density at radius 1 is 1.05 bits per heavy atom. The Morgan fingerprint density at radius 2 is 1.68 bits per heavy atom. The van der Waals surface area contributed by atoms with E-state index in [9.17, 15) is 0 Å². The standard InChI is InChI=1S/C16H23N3/c1-16(2,19(3)4)15(18-17)14-11-7-9-12-8-5-6-10-13(12)14/h5-11,15,18H,17H2,1-4H3. The maximum atomic E-state index is 5.84. The molecule has 2 aromatic carbocycles. The summed E-state index contributed by atoms with van der Waals surface area (Å²) in [7, 11) is 4.16. The molecule has 1 atom stereocenters. The zero-order valence-electron chi connectivity index (χ0n) is 12.1. The van der Waals surface area contributed by atoms with E-state index in [4.69, 9.17) is 5.84 Å². The fourth-order valence-electron chi connectivity index (χ4n) is 2.43. The molecule has 0 fully saturated rings. The highest BCUT2D eigenvalue weighted by Gasteiger charge is 2.32. The van der Waals surface area contributed by atoms with E-state index in [0.717, 1.165) is 0 Å². The SMILES string of the molecule is CN(C)C(C)(C)C(NN)c1cccc2ccccc12. The van der Waals surface area contributed by atoms with Crippen molar-refractivity contribution in [1.29, 1.82) is 0 Å². The topological polar surface area (TPSA) is 41.3 Å². The number of hydrazine groups is 1. The van der Waals surface area contributed by atoms with Gasteiger partial charge in [-0.25, -0.2) is 0 Å². The Bertz CT molecular complexity index is 555. The van der Waals surface area contributed by atoms with Crippen LogP contribution >= 0.6 is 0 Å². The van der Waals surface area contributed by atoms with Gasteiger partial charge in [0.15, 0.2) is 0 Å². The van der Waals surface area contributed by atoms with Crippen molar-refractivity contribution >= 4 is 10.8 Å². The zero-order chi connectivity index (χ0) is 14.0. The van der Waals surface area contributed by atoms with E-state index in [2.05, 4.69) is 80.7 Å². The molecule has 0 aliphatic carbocycles. The van der Waals surface area contributed by atoms with Gasteiger partial charge < -0.3 is 4.90 Å². The molecule has 1 unspecified atom stereocenters. The molecule has 0 heterocycles. The van der Waals surface area contributed by atoms with Gasteiger partial charge in [-0.05, 0) is 44.3 Å². The van der Waals surface area contributed by atoms with E-state index < -0.39 is 0 Å². The van der Waals surface area contributed by atoms with Crippen molar-refractivity contribution in [2.45, 2.75) is 25.4 Å². The highest BCUT2D eigenvalue weighted by atomic mass is 15.3. The number of rotatable bonds is 4. The van der Waals surface area contributed by atoms with Crippen LogP contribution in [0.25, 0.3) is 10.8 Å².